The summed E-state index contributed by atoms with van der Waals surface area (Å²) >= 11 is 7.53. The molecule has 38 heavy (non-hydrogen) atoms. The van der Waals surface area contributed by atoms with Crippen molar-refractivity contribution in [1.82, 2.24) is 19.6 Å². The maximum atomic E-state index is 12.7. The molecule has 0 atom stereocenters. The number of amides is 1. The lowest BCUT2D eigenvalue weighted by Gasteiger charge is -2.13. The number of hydrogen-bond acceptors (Lipinski definition) is 8. The fourth-order valence-electron chi connectivity index (χ4n) is 4.26. The first kappa shape index (κ1) is 23.7. The van der Waals surface area contributed by atoms with Crippen molar-refractivity contribution >= 4 is 62.0 Å². The van der Waals surface area contributed by atoms with Gasteiger partial charge >= 0.3 is 0 Å². The van der Waals surface area contributed by atoms with Crippen LogP contribution in [0.1, 0.15) is 10.4 Å². The van der Waals surface area contributed by atoms with Crippen LogP contribution in [0.3, 0.4) is 0 Å². The number of nitrogens with one attached hydrogen (secondary N) is 1. The average Bonchev–Trinajstić information content (AvgIpc) is 3.50. The molecule has 1 amide bonds. The van der Waals surface area contributed by atoms with E-state index in [4.69, 9.17) is 37.9 Å². The standard InChI is InChI=1S/C27H20ClN7O2S/c1-37-17-12-6-14(7-13-17)22-20(27-32-18-4-2-3-5-19(18)38-27)23(29)33-26-21(24(30)36)25(34-35(22)26)31-16-10-8-15(28)9-11-16/h2-13H,1H3,(H2,29,33)(H2,30,36)(H,31,34). The third kappa shape index (κ3) is 4.05. The minimum absolute atomic E-state index is 0.109. The summed E-state index contributed by atoms with van der Waals surface area (Å²) < 4.78 is 7.94. The van der Waals surface area contributed by atoms with E-state index >= 15 is 0 Å². The van der Waals surface area contributed by atoms with Crippen LogP contribution in [-0.4, -0.2) is 32.6 Å². The van der Waals surface area contributed by atoms with Crippen LogP contribution < -0.4 is 21.5 Å². The number of ether oxygens (including phenoxy) is 1. The summed E-state index contributed by atoms with van der Waals surface area (Å²) in [6, 6.07) is 22.3. The zero-order valence-electron chi connectivity index (χ0n) is 20.0. The van der Waals surface area contributed by atoms with Crippen molar-refractivity contribution in [2.75, 3.05) is 18.2 Å². The Labute approximate surface area is 225 Å². The van der Waals surface area contributed by atoms with Gasteiger partial charge in [0.25, 0.3) is 5.91 Å². The molecule has 188 valence electrons. The lowest BCUT2D eigenvalue weighted by Crippen LogP contribution is -2.13. The normalized spacial score (nSPS) is 11.2. The summed E-state index contributed by atoms with van der Waals surface area (Å²) in [5, 5.41) is 9.17. The molecule has 0 aliphatic carbocycles. The topological polar surface area (TPSA) is 133 Å². The van der Waals surface area contributed by atoms with Crippen molar-refractivity contribution in [3.8, 4) is 27.6 Å². The van der Waals surface area contributed by atoms with Crippen LogP contribution in [-0.2, 0) is 0 Å². The predicted molar refractivity (Wildman–Crippen MR) is 151 cm³/mol. The van der Waals surface area contributed by atoms with E-state index in [2.05, 4.69) is 10.3 Å². The Morgan fingerprint density at radius 3 is 2.45 bits per heavy atom. The van der Waals surface area contributed by atoms with Crippen molar-refractivity contribution in [3.63, 3.8) is 0 Å². The number of aromatic nitrogens is 4. The van der Waals surface area contributed by atoms with Gasteiger partial charge < -0.3 is 21.5 Å². The highest BCUT2D eigenvalue weighted by Gasteiger charge is 2.27. The van der Waals surface area contributed by atoms with Gasteiger partial charge in [-0.25, -0.2) is 14.5 Å². The number of anilines is 3. The quantitative estimate of drug-likeness (QED) is 0.244. The largest absolute Gasteiger partial charge is 0.497 e. The number of hydrogen-bond donors (Lipinski definition) is 3. The number of carbonyl (C=O) groups excluding carboxylic acids is 1. The Balaban J connectivity index is 1.65. The number of nitrogen functional groups attached to an aromatic ring is 1. The van der Waals surface area contributed by atoms with Gasteiger partial charge in [-0.05, 0) is 60.7 Å². The number of para-hydroxylation sites is 1. The SMILES string of the molecule is COc1ccc(-c2c(-c3nc4ccccc4s3)c(N)nc3c(C(N)=O)c(Nc4ccc(Cl)cc4)nn23)cc1. The van der Waals surface area contributed by atoms with Gasteiger partial charge in [0, 0.05) is 16.3 Å². The van der Waals surface area contributed by atoms with E-state index in [0.717, 1.165) is 15.8 Å². The first-order chi connectivity index (χ1) is 18.4. The zero-order valence-corrected chi connectivity index (χ0v) is 21.5. The van der Waals surface area contributed by atoms with Crippen LogP contribution in [0.2, 0.25) is 5.02 Å². The first-order valence-corrected chi connectivity index (χ1v) is 12.7. The molecular weight excluding hydrogens is 522 g/mol. The van der Waals surface area contributed by atoms with Gasteiger partial charge in [0.05, 0.1) is 28.6 Å². The third-order valence-electron chi connectivity index (χ3n) is 6.02. The van der Waals surface area contributed by atoms with Crippen LogP contribution in [0.4, 0.5) is 17.3 Å². The molecule has 3 heterocycles. The minimum atomic E-state index is -0.697. The first-order valence-electron chi connectivity index (χ1n) is 11.5. The molecule has 0 unspecified atom stereocenters. The van der Waals surface area contributed by atoms with Gasteiger partial charge in [-0.2, -0.15) is 0 Å². The smallest absolute Gasteiger partial charge is 0.256 e. The van der Waals surface area contributed by atoms with E-state index in [1.165, 1.54) is 11.3 Å². The Bertz CT molecular complexity index is 1800. The molecule has 0 spiro atoms. The predicted octanol–water partition coefficient (Wildman–Crippen LogP) is 5.76. The van der Waals surface area contributed by atoms with Gasteiger partial charge in [0.1, 0.15) is 22.1 Å². The monoisotopic (exact) mass is 541 g/mol. The average molecular weight is 542 g/mol. The number of rotatable bonds is 6. The van der Waals surface area contributed by atoms with E-state index in [-0.39, 0.29) is 22.8 Å². The molecule has 3 aromatic heterocycles. The highest BCUT2D eigenvalue weighted by atomic mass is 35.5. The van der Waals surface area contributed by atoms with Crippen molar-refractivity contribution in [2.24, 2.45) is 5.73 Å². The maximum Gasteiger partial charge on any atom is 0.256 e. The van der Waals surface area contributed by atoms with E-state index < -0.39 is 5.91 Å². The molecule has 6 aromatic rings. The van der Waals surface area contributed by atoms with Crippen LogP contribution in [0.5, 0.6) is 5.75 Å². The second-order valence-corrected chi connectivity index (χ2v) is 9.86. The number of nitrogens with zero attached hydrogens (tertiary/aromatic N) is 4. The summed E-state index contributed by atoms with van der Waals surface area (Å²) in [4.78, 5) is 22.1. The van der Waals surface area contributed by atoms with Crippen molar-refractivity contribution < 1.29 is 9.53 Å². The van der Waals surface area contributed by atoms with E-state index in [1.807, 2.05) is 48.5 Å². The molecule has 0 saturated heterocycles. The number of thiazole rings is 1. The number of nitrogens with two attached hydrogens (primary N) is 2. The number of primary amides is 1. The summed E-state index contributed by atoms with van der Waals surface area (Å²) in [5.74, 6) is 0.430. The van der Waals surface area contributed by atoms with Gasteiger partial charge in [-0.15, -0.1) is 16.4 Å². The van der Waals surface area contributed by atoms with Gasteiger partial charge in [0.2, 0.25) is 0 Å². The number of fused-ring (bicyclic) bond motifs is 2. The molecule has 6 rings (SSSR count). The van der Waals surface area contributed by atoms with Crippen molar-refractivity contribution in [2.45, 2.75) is 0 Å². The van der Waals surface area contributed by atoms with Crippen LogP contribution in [0.25, 0.3) is 37.7 Å². The molecule has 0 fully saturated rings. The molecule has 11 heteroatoms. The molecule has 0 saturated carbocycles. The van der Waals surface area contributed by atoms with Crippen LogP contribution in [0.15, 0.2) is 72.8 Å². The van der Waals surface area contributed by atoms with Crippen LogP contribution in [0, 0.1) is 0 Å². The summed E-state index contributed by atoms with van der Waals surface area (Å²) in [7, 11) is 1.60. The summed E-state index contributed by atoms with van der Waals surface area (Å²) in [5.41, 5.74) is 16.2. The highest BCUT2D eigenvalue weighted by Crippen LogP contribution is 2.41. The molecule has 9 nitrogen and oxygen atoms in total. The fourth-order valence-corrected chi connectivity index (χ4v) is 5.40. The highest BCUT2D eigenvalue weighted by molar-refractivity contribution is 7.21. The van der Waals surface area contributed by atoms with Gasteiger partial charge in [0.15, 0.2) is 11.5 Å². The lowest BCUT2D eigenvalue weighted by atomic mass is 10.1. The molecule has 0 radical (unpaired) electrons. The number of methoxy groups -OCH3 is 1. The zero-order chi connectivity index (χ0) is 26.4. The lowest BCUT2D eigenvalue weighted by molar-refractivity contribution is 0.100. The second-order valence-electron chi connectivity index (χ2n) is 8.39. The Morgan fingerprint density at radius 2 is 1.76 bits per heavy atom. The maximum absolute atomic E-state index is 12.7. The molecule has 5 N–H and O–H groups in total. The Hall–Kier alpha value is -4.67. The van der Waals surface area contributed by atoms with Crippen molar-refractivity contribution in [3.05, 3.63) is 83.4 Å². The number of halogens is 1. The molecule has 0 bridgehead atoms. The third-order valence-corrected chi connectivity index (χ3v) is 7.32. The van der Waals surface area contributed by atoms with E-state index in [1.54, 1.807) is 35.9 Å². The molecule has 0 aliphatic rings. The van der Waals surface area contributed by atoms with E-state index in [0.29, 0.717) is 32.7 Å². The summed E-state index contributed by atoms with van der Waals surface area (Å²) in [6.07, 6.45) is 0. The minimum Gasteiger partial charge on any atom is -0.497 e. The van der Waals surface area contributed by atoms with Gasteiger partial charge in [-0.3, -0.25) is 4.79 Å². The number of benzene rings is 3. The Morgan fingerprint density at radius 1 is 1.03 bits per heavy atom. The second kappa shape index (κ2) is 9.33. The number of carbonyl (C=O) groups is 1. The van der Waals surface area contributed by atoms with E-state index in [9.17, 15) is 4.79 Å². The van der Waals surface area contributed by atoms with Gasteiger partial charge in [-0.1, -0.05) is 23.7 Å². The Kier molecular flexibility index (Phi) is 5.82. The fraction of sp³-hybridized carbons (Fsp3) is 0.0370. The molecular formula is C27H20ClN7O2S. The molecule has 0 aliphatic heterocycles. The van der Waals surface area contributed by atoms with Crippen molar-refractivity contribution in [1.29, 1.82) is 0 Å². The summed E-state index contributed by atoms with van der Waals surface area (Å²) in [6.45, 7) is 0. The van der Waals surface area contributed by atoms with Crippen LogP contribution >= 0.6 is 22.9 Å². The molecule has 3 aromatic carbocycles.